The molecule has 2 heteroatoms. The summed E-state index contributed by atoms with van der Waals surface area (Å²) in [6, 6.07) is 0. The monoisotopic (exact) mass is 220 g/mol. The van der Waals surface area contributed by atoms with Crippen molar-refractivity contribution in [2.24, 2.45) is 11.8 Å². The lowest BCUT2D eigenvalue weighted by Gasteiger charge is -2.26. The van der Waals surface area contributed by atoms with E-state index in [2.05, 4.69) is 0 Å². The lowest BCUT2D eigenvalue weighted by molar-refractivity contribution is -0.123. The smallest absolute Gasteiger partial charge is 0.200 e. The van der Waals surface area contributed by atoms with Gasteiger partial charge in [-0.2, -0.15) is 0 Å². The Morgan fingerprint density at radius 2 is 1.88 bits per heavy atom. The Morgan fingerprint density at radius 3 is 2.62 bits per heavy atom. The second kappa shape index (κ2) is 4.23. The summed E-state index contributed by atoms with van der Waals surface area (Å²) in [4.78, 5) is 12.3. The molecule has 3 aliphatic rings. The van der Waals surface area contributed by atoms with Crippen molar-refractivity contribution in [3.8, 4) is 0 Å². The van der Waals surface area contributed by atoms with Crippen LogP contribution in [0.4, 0.5) is 0 Å². The Labute approximate surface area is 97.1 Å². The van der Waals surface area contributed by atoms with Gasteiger partial charge in [-0.25, -0.2) is 0 Å². The minimum absolute atomic E-state index is 0.281. The highest BCUT2D eigenvalue weighted by Gasteiger charge is 2.40. The van der Waals surface area contributed by atoms with Crippen LogP contribution in [0.1, 0.15) is 51.4 Å². The number of allylic oxidation sites excluding steroid dienone is 2. The fourth-order valence-corrected chi connectivity index (χ4v) is 3.56. The lowest BCUT2D eigenvalue weighted by atomic mass is 9.78. The predicted molar refractivity (Wildman–Crippen MR) is 61.9 cm³/mol. The minimum Gasteiger partial charge on any atom is -0.490 e. The van der Waals surface area contributed by atoms with E-state index in [-0.39, 0.29) is 5.92 Å². The molecule has 1 aliphatic heterocycles. The lowest BCUT2D eigenvalue weighted by Crippen LogP contribution is -2.23. The first-order valence-corrected chi connectivity index (χ1v) is 6.75. The second-order valence-corrected chi connectivity index (χ2v) is 5.46. The molecule has 0 aromatic heterocycles. The molecule has 0 unspecified atom stereocenters. The van der Waals surface area contributed by atoms with Crippen molar-refractivity contribution in [1.82, 2.24) is 0 Å². The Kier molecular flexibility index (Phi) is 2.74. The van der Waals surface area contributed by atoms with E-state index >= 15 is 0 Å². The van der Waals surface area contributed by atoms with Crippen LogP contribution in [0, 0.1) is 11.8 Å². The SMILES string of the molecule is O=C1C2=C(CCCO2)C[C@H]1C1CCCCC1. The number of Topliss-reactive ketones (excluding diaryl/α,β-unsaturated/α-hetero) is 1. The van der Waals surface area contributed by atoms with Crippen molar-refractivity contribution in [2.75, 3.05) is 6.61 Å². The minimum atomic E-state index is 0.281. The molecule has 1 saturated carbocycles. The van der Waals surface area contributed by atoms with Gasteiger partial charge in [0.1, 0.15) is 0 Å². The molecule has 2 aliphatic carbocycles. The van der Waals surface area contributed by atoms with Gasteiger partial charge in [-0.15, -0.1) is 0 Å². The molecule has 2 nitrogen and oxygen atoms in total. The van der Waals surface area contributed by atoms with Crippen molar-refractivity contribution in [2.45, 2.75) is 51.4 Å². The third kappa shape index (κ3) is 1.68. The Bertz CT molecular complexity index is 324. The van der Waals surface area contributed by atoms with Crippen LogP contribution < -0.4 is 0 Å². The first kappa shape index (κ1) is 10.4. The molecule has 0 N–H and O–H groups in total. The molecule has 0 bridgehead atoms. The van der Waals surface area contributed by atoms with E-state index in [0.717, 1.165) is 31.6 Å². The van der Waals surface area contributed by atoms with E-state index in [0.29, 0.717) is 11.7 Å². The van der Waals surface area contributed by atoms with Crippen LogP contribution >= 0.6 is 0 Å². The standard InChI is InChI=1S/C14H20O2/c15-13-12(10-5-2-1-3-6-10)9-11-7-4-8-16-14(11)13/h10,12H,1-9H2/t12-/m0/s1. The molecule has 1 heterocycles. The second-order valence-electron chi connectivity index (χ2n) is 5.46. The van der Waals surface area contributed by atoms with Crippen LogP contribution in [0.15, 0.2) is 11.3 Å². The maximum Gasteiger partial charge on any atom is 0.200 e. The van der Waals surface area contributed by atoms with Gasteiger partial charge in [-0.05, 0) is 43.6 Å². The van der Waals surface area contributed by atoms with Crippen LogP contribution in [0.25, 0.3) is 0 Å². The average Bonchev–Trinajstić information content (AvgIpc) is 2.69. The van der Waals surface area contributed by atoms with E-state index < -0.39 is 0 Å². The van der Waals surface area contributed by atoms with Crippen LogP contribution in [0.2, 0.25) is 0 Å². The highest BCUT2D eigenvalue weighted by atomic mass is 16.5. The van der Waals surface area contributed by atoms with Gasteiger partial charge in [-0.3, -0.25) is 4.79 Å². The van der Waals surface area contributed by atoms with Crippen LogP contribution in [-0.2, 0) is 9.53 Å². The van der Waals surface area contributed by atoms with E-state index in [1.54, 1.807) is 0 Å². The van der Waals surface area contributed by atoms with E-state index in [9.17, 15) is 4.79 Å². The fraction of sp³-hybridized carbons (Fsp3) is 0.786. The van der Waals surface area contributed by atoms with Crippen LogP contribution in [0.5, 0.6) is 0 Å². The summed E-state index contributed by atoms with van der Waals surface area (Å²) in [6.07, 6.45) is 9.74. The topological polar surface area (TPSA) is 26.3 Å². The van der Waals surface area contributed by atoms with Crippen molar-refractivity contribution in [1.29, 1.82) is 0 Å². The van der Waals surface area contributed by atoms with Gasteiger partial charge >= 0.3 is 0 Å². The molecule has 16 heavy (non-hydrogen) atoms. The van der Waals surface area contributed by atoms with Gasteiger partial charge in [0, 0.05) is 5.92 Å². The molecule has 0 aromatic carbocycles. The van der Waals surface area contributed by atoms with Gasteiger partial charge in [0.15, 0.2) is 5.76 Å². The molecule has 0 amide bonds. The number of carbonyl (C=O) groups is 1. The largest absolute Gasteiger partial charge is 0.490 e. The van der Waals surface area contributed by atoms with Crippen molar-refractivity contribution < 1.29 is 9.53 Å². The molecule has 1 fully saturated rings. The maximum atomic E-state index is 12.3. The molecule has 0 radical (unpaired) electrons. The van der Waals surface area contributed by atoms with Gasteiger partial charge in [0.2, 0.25) is 5.78 Å². The molecular formula is C14H20O2. The Morgan fingerprint density at radius 1 is 1.06 bits per heavy atom. The molecular weight excluding hydrogens is 200 g/mol. The van der Waals surface area contributed by atoms with Crippen molar-refractivity contribution >= 4 is 5.78 Å². The summed E-state index contributed by atoms with van der Waals surface area (Å²) >= 11 is 0. The normalized spacial score (nSPS) is 31.5. The first-order chi connectivity index (χ1) is 7.86. The van der Waals surface area contributed by atoms with Gasteiger partial charge < -0.3 is 4.74 Å². The summed E-state index contributed by atoms with van der Waals surface area (Å²) in [5, 5.41) is 0. The number of carbonyl (C=O) groups excluding carboxylic acids is 1. The molecule has 0 saturated heterocycles. The van der Waals surface area contributed by atoms with Gasteiger partial charge in [0.25, 0.3) is 0 Å². The van der Waals surface area contributed by atoms with Crippen molar-refractivity contribution in [3.05, 3.63) is 11.3 Å². The average molecular weight is 220 g/mol. The van der Waals surface area contributed by atoms with Crippen molar-refractivity contribution in [3.63, 3.8) is 0 Å². The zero-order valence-corrected chi connectivity index (χ0v) is 9.84. The summed E-state index contributed by atoms with van der Waals surface area (Å²) in [5.41, 5.74) is 1.33. The third-order valence-electron chi connectivity index (χ3n) is 4.44. The van der Waals surface area contributed by atoms with Crippen LogP contribution in [0.3, 0.4) is 0 Å². The summed E-state index contributed by atoms with van der Waals surface area (Å²) in [7, 11) is 0. The maximum absolute atomic E-state index is 12.3. The highest BCUT2D eigenvalue weighted by Crippen LogP contribution is 2.42. The number of ketones is 1. The molecule has 0 spiro atoms. The molecule has 1 atom stereocenters. The molecule has 0 aromatic rings. The summed E-state index contributed by atoms with van der Waals surface area (Å²) in [6.45, 7) is 0.752. The molecule has 88 valence electrons. The zero-order valence-electron chi connectivity index (χ0n) is 9.84. The number of rotatable bonds is 1. The Balaban J connectivity index is 1.73. The van der Waals surface area contributed by atoms with E-state index in [1.165, 1.54) is 37.7 Å². The molecule has 3 rings (SSSR count). The zero-order chi connectivity index (χ0) is 11.0. The first-order valence-electron chi connectivity index (χ1n) is 6.75. The Hall–Kier alpha value is -0.790. The van der Waals surface area contributed by atoms with E-state index in [4.69, 9.17) is 4.74 Å². The quantitative estimate of drug-likeness (QED) is 0.678. The summed E-state index contributed by atoms with van der Waals surface area (Å²) in [5.74, 6) is 2.03. The third-order valence-corrected chi connectivity index (χ3v) is 4.44. The number of hydrogen-bond acceptors (Lipinski definition) is 2. The summed E-state index contributed by atoms with van der Waals surface area (Å²) < 4.78 is 5.57. The predicted octanol–water partition coefficient (Wildman–Crippen LogP) is 3.22. The van der Waals surface area contributed by atoms with E-state index in [1.807, 2.05) is 0 Å². The number of ether oxygens (including phenoxy) is 1. The highest BCUT2D eigenvalue weighted by molar-refractivity contribution is 5.99. The van der Waals surface area contributed by atoms with Gasteiger partial charge in [-0.1, -0.05) is 19.3 Å². The number of hydrogen-bond donors (Lipinski definition) is 0. The van der Waals surface area contributed by atoms with Crippen LogP contribution in [-0.4, -0.2) is 12.4 Å². The fourth-order valence-electron chi connectivity index (χ4n) is 3.56. The van der Waals surface area contributed by atoms with Gasteiger partial charge in [0.05, 0.1) is 6.61 Å².